The SMILES string of the molecule is c1ccc(-c2ccc(-c3nc(-c4ccc(-c5cccc6c5oc5cc7c(cc56)c5ccccc5n7-c5ccccc5)cc4)nc(-c4cccc(-c5ccccc5)c4)n3)cc2)cc1. The molecule has 9 aromatic carbocycles. The highest BCUT2D eigenvalue weighted by molar-refractivity contribution is 6.18. The molecule has 0 saturated heterocycles. The lowest BCUT2D eigenvalue weighted by molar-refractivity contribution is 0.670. The van der Waals surface area contributed by atoms with Crippen molar-refractivity contribution in [2.75, 3.05) is 0 Å². The number of hydrogen-bond donors (Lipinski definition) is 0. The minimum absolute atomic E-state index is 0.605. The zero-order chi connectivity index (χ0) is 41.0. The van der Waals surface area contributed by atoms with Gasteiger partial charge in [0.1, 0.15) is 11.2 Å². The summed E-state index contributed by atoms with van der Waals surface area (Å²) in [5.74, 6) is 1.84. The summed E-state index contributed by atoms with van der Waals surface area (Å²) in [6, 6.07) is 76.2. The van der Waals surface area contributed by atoms with Crippen molar-refractivity contribution in [3.8, 4) is 73.2 Å². The lowest BCUT2D eigenvalue weighted by atomic mass is 10.0. The first-order valence-electron chi connectivity index (χ1n) is 20.8. The van der Waals surface area contributed by atoms with Crippen molar-refractivity contribution in [1.82, 2.24) is 19.5 Å². The van der Waals surface area contributed by atoms with E-state index in [4.69, 9.17) is 19.4 Å². The Balaban J connectivity index is 0.952. The average molecular weight is 793 g/mol. The quantitative estimate of drug-likeness (QED) is 0.161. The van der Waals surface area contributed by atoms with Gasteiger partial charge in [-0.1, -0.05) is 182 Å². The maximum absolute atomic E-state index is 6.81. The molecule has 0 saturated carbocycles. The van der Waals surface area contributed by atoms with Crippen molar-refractivity contribution >= 4 is 43.7 Å². The van der Waals surface area contributed by atoms with Crippen molar-refractivity contribution in [2.45, 2.75) is 0 Å². The highest BCUT2D eigenvalue weighted by atomic mass is 16.3. The summed E-state index contributed by atoms with van der Waals surface area (Å²) in [7, 11) is 0. The van der Waals surface area contributed by atoms with Crippen LogP contribution in [-0.4, -0.2) is 19.5 Å². The van der Waals surface area contributed by atoms with Gasteiger partial charge in [0.15, 0.2) is 17.5 Å². The molecule has 0 atom stereocenters. The van der Waals surface area contributed by atoms with Gasteiger partial charge >= 0.3 is 0 Å². The lowest BCUT2D eigenvalue weighted by Crippen LogP contribution is -2.00. The molecule has 0 aliphatic carbocycles. The highest BCUT2D eigenvalue weighted by Gasteiger charge is 2.19. The minimum atomic E-state index is 0.605. The molecule has 12 rings (SSSR count). The van der Waals surface area contributed by atoms with Crippen LogP contribution in [0.15, 0.2) is 223 Å². The van der Waals surface area contributed by atoms with Crippen LogP contribution in [0.4, 0.5) is 0 Å². The molecule has 290 valence electrons. The van der Waals surface area contributed by atoms with Crippen molar-refractivity contribution < 1.29 is 4.42 Å². The number of para-hydroxylation sites is 3. The number of hydrogen-bond acceptors (Lipinski definition) is 4. The van der Waals surface area contributed by atoms with Gasteiger partial charge in [-0.15, -0.1) is 0 Å². The van der Waals surface area contributed by atoms with E-state index in [-0.39, 0.29) is 0 Å². The maximum atomic E-state index is 6.81. The molecule has 0 N–H and O–H groups in total. The minimum Gasteiger partial charge on any atom is -0.455 e. The molecule has 0 bridgehead atoms. The Morgan fingerprint density at radius 3 is 1.50 bits per heavy atom. The van der Waals surface area contributed by atoms with E-state index in [0.717, 1.165) is 83.2 Å². The molecule has 0 amide bonds. The van der Waals surface area contributed by atoms with Crippen LogP contribution >= 0.6 is 0 Å². The fourth-order valence-corrected chi connectivity index (χ4v) is 8.82. The third-order valence-corrected chi connectivity index (χ3v) is 11.9. The van der Waals surface area contributed by atoms with E-state index in [1.54, 1.807) is 0 Å². The second-order valence-corrected chi connectivity index (χ2v) is 15.6. The zero-order valence-electron chi connectivity index (χ0n) is 33.5. The molecular formula is C57H36N4O. The Bertz CT molecular complexity index is 3590. The third kappa shape index (κ3) is 6.14. The van der Waals surface area contributed by atoms with Gasteiger partial charge in [0.25, 0.3) is 0 Å². The summed E-state index contributed by atoms with van der Waals surface area (Å²) in [6.07, 6.45) is 0. The molecule has 12 aromatic rings. The Labute approximate surface area is 357 Å². The van der Waals surface area contributed by atoms with Gasteiger partial charge in [-0.3, -0.25) is 0 Å². The Kier molecular flexibility index (Phi) is 8.42. The lowest BCUT2D eigenvalue weighted by Gasteiger charge is -2.11. The van der Waals surface area contributed by atoms with Gasteiger partial charge in [0, 0.05) is 55.6 Å². The predicted octanol–water partition coefficient (Wildman–Crippen LogP) is 14.9. The first-order valence-corrected chi connectivity index (χ1v) is 20.8. The topological polar surface area (TPSA) is 56.7 Å². The largest absolute Gasteiger partial charge is 0.455 e. The van der Waals surface area contributed by atoms with Crippen LogP contribution < -0.4 is 0 Å². The van der Waals surface area contributed by atoms with Crippen LogP contribution in [0.3, 0.4) is 0 Å². The average Bonchev–Trinajstić information content (AvgIpc) is 3.89. The predicted molar refractivity (Wildman–Crippen MR) is 254 cm³/mol. The first kappa shape index (κ1) is 35.5. The Hall–Kier alpha value is -8.41. The van der Waals surface area contributed by atoms with Crippen molar-refractivity contribution in [2.24, 2.45) is 0 Å². The third-order valence-electron chi connectivity index (χ3n) is 11.9. The summed E-state index contributed by atoms with van der Waals surface area (Å²) in [6.45, 7) is 0. The van der Waals surface area contributed by atoms with Crippen molar-refractivity contribution in [3.05, 3.63) is 218 Å². The molecule has 5 heteroatoms. The van der Waals surface area contributed by atoms with Crippen LogP contribution in [0, 0.1) is 0 Å². The second kappa shape index (κ2) is 14.7. The van der Waals surface area contributed by atoms with Crippen LogP contribution in [-0.2, 0) is 0 Å². The van der Waals surface area contributed by atoms with Crippen LogP contribution in [0.2, 0.25) is 0 Å². The van der Waals surface area contributed by atoms with Gasteiger partial charge in [0.2, 0.25) is 0 Å². The fourth-order valence-electron chi connectivity index (χ4n) is 8.82. The summed E-state index contributed by atoms with van der Waals surface area (Å²) in [5.41, 5.74) is 14.5. The Morgan fingerprint density at radius 1 is 0.306 bits per heavy atom. The molecule has 0 aliphatic heterocycles. The number of nitrogens with zero attached hydrogens (tertiary/aromatic N) is 4. The van der Waals surface area contributed by atoms with Gasteiger partial charge < -0.3 is 8.98 Å². The zero-order valence-corrected chi connectivity index (χ0v) is 33.5. The van der Waals surface area contributed by atoms with Crippen LogP contribution in [0.1, 0.15) is 0 Å². The number of rotatable bonds is 7. The first-order chi connectivity index (χ1) is 30.7. The normalized spacial score (nSPS) is 11.5. The summed E-state index contributed by atoms with van der Waals surface area (Å²) >= 11 is 0. The van der Waals surface area contributed by atoms with Gasteiger partial charge in [-0.2, -0.15) is 0 Å². The summed E-state index contributed by atoms with van der Waals surface area (Å²) < 4.78 is 9.14. The molecule has 3 aromatic heterocycles. The van der Waals surface area contributed by atoms with E-state index in [1.165, 1.54) is 16.3 Å². The summed E-state index contributed by atoms with van der Waals surface area (Å²) in [4.78, 5) is 15.3. The van der Waals surface area contributed by atoms with Crippen molar-refractivity contribution in [3.63, 3.8) is 0 Å². The van der Waals surface area contributed by atoms with Crippen LogP contribution in [0.5, 0.6) is 0 Å². The molecule has 0 spiro atoms. The molecule has 5 nitrogen and oxygen atoms in total. The standard InChI is InChI=1S/C57H36N4O/c1-4-14-37(15-5-1)39-26-30-41(31-27-39)55-58-56(60-57(59-55)44-19-12-18-43(34-44)38-16-6-2-7-17-38)42-32-28-40(29-33-42)46-23-13-24-48-50-35-49-47-22-10-11-25-51(47)61(45-20-8-3-9-21-45)52(49)36-53(50)62-54(46)48/h1-36H. The highest BCUT2D eigenvalue weighted by Crippen LogP contribution is 2.41. The van der Waals surface area contributed by atoms with E-state index in [0.29, 0.717) is 17.5 Å². The number of aromatic nitrogens is 4. The number of fused-ring (bicyclic) bond motifs is 6. The van der Waals surface area contributed by atoms with Gasteiger partial charge in [-0.05, 0) is 58.1 Å². The second-order valence-electron chi connectivity index (χ2n) is 15.6. The number of benzene rings is 9. The Morgan fingerprint density at radius 2 is 0.806 bits per heavy atom. The molecule has 0 radical (unpaired) electrons. The van der Waals surface area contributed by atoms with E-state index >= 15 is 0 Å². The molecule has 0 unspecified atom stereocenters. The van der Waals surface area contributed by atoms with Gasteiger partial charge in [0.05, 0.1) is 11.0 Å². The van der Waals surface area contributed by atoms with Crippen LogP contribution in [0.25, 0.3) is 117 Å². The molecule has 0 fully saturated rings. The monoisotopic (exact) mass is 792 g/mol. The smallest absolute Gasteiger partial charge is 0.164 e. The number of furan rings is 1. The van der Waals surface area contributed by atoms with E-state index in [2.05, 4.69) is 211 Å². The van der Waals surface area contributed by atoms with Gasteiger partial charge in [-0.25, -0.2) is 15.0 Å². The molecule has 0 aliphatic rings. The van der Waals surface area contributed by atoms with Crippen molar-refractivity contribution in [1.29, 1.82) is 0 Å². The summed E-state index contributed by atoms with van der Waals surface area (Å²) in [5, 5.41) is 4.60. The maximum Gasteiger partial charge on any atom is 0.164 e. The molecular weight excluding hydrogens is 757 g/mol. The van der Waals surface area contributed by atoms with E-state index in [9.17, 15) is 0 Å². The molecule has 3 heterocycles. The fraction of sp³-hybridized carbons (Fsp3) is 0. The van der Waals surface area contributed by atoms with E-state index in [1.807, 2.05) is 12.1 Å². The van der Waals surface area contributed by atoms with E-state index < -0.39 is 0 Å². The molecule has 62 heavy (non-hydrogen) atoms.